The summed E-state index contributed by atoms with van der Waals surface area (Å²) in [4.78, 5) is 0.900. The van der Waals surface area contributed by atoms with E-state index in [1.807, 2.05) is 12.3 Å². The van der Waals surface area contributed by atoms with Crippen molar-refractivity contribution in [1.29, 1.82) is 5.26 Å². The first kappa shape index (κ1) is 9.08. The molecule has 0 fully saturated rings. The first-order valence-electron chi connectivity index (χ1n) is 3.44. The van der Waals surface area contributed by atoms with Crippen molar-refractivity contribution in [2.45, 2.75) is 11.6 Å². The fourth-order valence-corrected chi connectivity index (χ4v) is 1.53. The van der Waals surface area contributed by atoms with Gasteiger partial charge in [0, 0.05) is 4.90 Å². The van der Waals surface area contributed by atoms with Gasteiger partial charge in [0.25, 0.3) is 0 Å². The highest BCUT2D eigenvalue weighted by Gasteiger charge is 2.01. The van der Waals surface area contributed by atoms with Crippen molar-refractivity contribution in [3.05, 3.63) is 29.3 Å². The topological polar surface area (TPSA) is 23.8 Å². The van der Waals surface area contributed by atoms with Gasteiger partial charge in [-0.15, -0.1) is 11.8 Å². The van der Waals surface area contributed by atoms with E-state index >= 15 is 0 Å². The minimum Gasteiger partial charge on any atom is -0.246 e. The fourth-order valence-electron chi connectivity index (χ4n) is 0.953. The van der Waals surface area contributed by atoms with E-state index in [2.05, 4.69) is 0 Å². The minimum absolute atomic E-state index is 0.508. The lowest BCUT2D eigenvalue weighted by Crippen LogP contribution is -1.85. The summed E-state index contributed by atoms with van der Waals surface area (Å²) in [6.45, 7) is -0.508. The molecule has 62 valence electrons. The molecule has 1 aromatic rings. The Labute approximate surface area is 75.2 Å². The molecule has 0 saturated heterocycles. The molecule has 0 bridgehead atoms. The molecule has 0 radical (unpaired) electrons. The van der Waals surface area contributed by atoms with E-state index in [0.29, 0.717) is 11.1 Å². The Morgan fingerprint density at radius 2 is 2.33 bits per heavy atom. The highest BCUT2D eigenvalue weighted by Crippen LogP contribution is 2.22. The summed E-state index contributed by atoms with van der Waals surface area (Å²) in [5.74, 6) is 0. The van der Waals surface area contributed by atoms with Crippen LogP contribution < -0.4 is 0 Å². The number of nitrogens with zero attached hydrogens (tertiary/aromatic N) is 1. The van der Waals surface area contributed by atoms with Gasteiger partial charge in [0.15, 0.2) is 0 Å². The van der Waals surface area contributed by atoms with Crippen LogP contribution in [0.3, 0.4) is 0 Å². The third-order valence-corrected chi connectivity index (χ3v) is 2.39. The second kappa shape index (κ2) is 4.13. The van der Waals surface area contributed by atoms with Crippen LogP contribution in [0.15, 0.2) is 23.1 Å². The quantitative estimate of drug-likeness (QED) is 0.655. The van der Waals surface area contributed by atoms with E-state index in [1.54, 1.807) is 18.2 Å². The second-order valence-corrected chi connectivity index (χ2v) is 3.12. The summed E-state index contributed by atoms with van der Waals surface area (Å²) in [5.41, 5.74) is 1.11. The molecule has 0 amide bonds. The number of hydrogen-bond acceptors (Lipinski definition) is 2. The van der Waals surface area contributed by atoms with Gasteiger partial charge in [-0.25, -0.2) is 4.39 Å². The van der Waals surface area contributed by atoms with E-state index in [0.717, 1.165) is 4.90 Å². The van der Waals surface area contributed by atoms with Crippen molar-refractivity contribution in [2.24, 2.45) is 0 Å². The number of hydrogen-bond donors (Lipinski definition) is 0. The first-order valence-corrected chi connectivity index (χ1v) is 4.67. The molecular formula is C9H8FNS. The van der Waals surface area contributed by atoms with Gasteiger partial charge in [0.2, 0.25) is 0 Å². The minimum atomic E-state index is -0.508. The number of halogens is 1. The Kier molecular flexibility index (Phi) is 3.12. The smallest absolute Gasteiger partial charge is 0.116 e. The summed E-state index contributed by atoms with van der Waals surface area (Å²) in [6.07, 6.45) is 1.89. The van der Waals surface area contributed by atoms with Crippen LogP contribution in [-0.2, 0) is 6.67 Å². The van der Waals surface area contributed by atoms with Crippen molar-refractivity contribution in [3.63, 3.8) is 0 Å². The molecular weight excluding hydrogens is 173 g/mol. The van der Waals surface area contributed by atoms with Crippen LogP contribution >= 0.6 is 11.8 Å². The molecule has 0 spiro atoms. The largest absolute Gasteiger partial charge is 0.246 e. The summed E-state index contributed by atoms with van der Waals surface area (Å²) in [6, 6.07) is 7.04. The fraction of sp³-hybridized carbons (Fsp3) is 0.222. The van der Waals surface area contributed by atoms with Gasteiger partial charge in [0.1, 0.15) is 6.67 Å². The van der Waals surface area contributed by atoms with Gasteiger partial charge in [-0.1, -0.05) is 0 Å². The number of thioether (sulfide) groups is 1. The number of alkyl halides is 1. The van der Waals surface area contributed by atoms with Gasteiger partial charge >= 0.3 is 0 Å². The monoisotopic (exact) mass is 181 g/mol. The highest BCUT2D eigenvalue weighted by molar-refractivity contribution is 7.98. The normalized spacial score (nSPS) is 9.42. The average molecular weight is 181 g/mol. The SMILES string of the molecule is CSc1ccc(C#N)cc1CF. The molecule has 0 heterocycles. The predicted octanol–water partition coefficient (Wildman–Crippen LogP) is 2.75. The Morgan fingerprint density at radius 1 is 1.58 bits per heavy atom. The van der Waals surface area contributed by atoms with Crippen LogP contribution in [0.5, 0.6) is 0 Å². The van der Waals surface area contributed by atoms with Crippen LogP contribution in [-0.4, -0.2) is 6.26 Å². The molecule has 0 N–H and O–H groups in total. The summed E-state index contributed by atoms with van der Waals surface area (Å²) < 4.78 is 12.4. The molecule has 0 aliphatic heterocycles. The van der Waals surface area contributed by atoms with Gasteiger partial charge < -0.3 is 0 Å². The lowest BCUT2D eigenvalue weighted by molar-refractivity contribution is 0.480. The van der Waals surface area contributed by atoms with Crippen LogP contribution in [0.4, 0.5) is 4.39 Å². The number of nitriles is 1. The summed E-state index contributed by atoms with van der Waals surface area (Å²) in [7, 11) is 0. The lowest BCUT2D eigenvalue weighted by atomic mass is 10.1. The Hall–Kier alpha value is -1.01. The van der Waals surface area contributed by atoms with Crippen LogP contribution in [0.25, 0.3) is 0 Å². The molecule has 1 rings (SSSR count). The molecule has 1 aromatic carbocycles. The van der Waals surface area contributed by atoms with Crippen molar-refractivity contribution < 1.29 is 4.39 Å². The van der Waals surface area contributed by atoms with Crippen LogP contribution in [0, 0.1) is 11.3 Å². The van der Waals surface area contributed by atoms with Crippen molar-refractivity contribution in [3.8, 4) is 6.07 Å². The molecule has 3 heteroatoms. The maximum absolute atomic E-state index is 12.4. The summed E-state index contributed by atoms with van der Waals surface area (Å²) >= 11 is 1.49. The Balaban J connectivity index is 3.13. The molecule has 0 aliphatic carbocycles. The molecule has 0 saturated carbocycles. The first-order chi connectivity index (χ1) is 5.81. The summed E-state index contributed by atoms with van der Waals surface area (Å²) in [5, 5.41) is 8.54. The number of benzene rings is 1. The maximum Gasteiger partial charge on any atom is 0.116 e. The Morgan fingerprint density at radius 3 is 2.83 bits per heavy atom. The molecule has 1 nitrogen and oxygen atoms in total. The molecule has 0 aromatic heterocycles. The van der Waals surface area contributed by atoms with E-state index < -0.39 is 6.67 Å². The molecule has 0 atom stereocenters. The lowest BCUT2D eigenvalue weighted by Gasteiger charge is -2.02. The van der Waals surface area contributed by atoms with E-state index in [1.165, 1.54) is 11.8 Å². The molecule has 0 aliphatic rings. The van der Waals surface area contributed by atoms with Gasteiger partial charge in [-0.2, -0.15) is 5.26 Å². The zero-order valence-corrected chi connectivity index (χ0v) is 7.49. The van der Waals surface area contributed by atoms with Gasteiger partial charge in [-0.05, 0) is 30.0 Å². The third-order valence-electron chi connectivity index (χ3n) is 1.55. The van der Waals surface area contributed by atoms with E-state index in [-0.39, 0.29) is 0 Å². The zero-order chi connectivity index (χ0) is 8.97. The van der Waals surface area contributed by atoms with Crippen LogP contribution in [0.1, 0.15) is 11.1 Å². The maximum atomic E-state index is 12.4. The van der Waals surface area contributed by atoms with Crippen molar-refractivity contribution in [2.75, 3.05) is 6.26 Å². The third kappa shape index (κ3) is 1.77. The predicted molar refractivity (Wildman–Crippen MR) is 47.8 cm³/mol. The second-order valence-electron chi connectivity index (χ2n) is 2.27. The van der Waals surface area contributed by atoms with E-state index in [4.69, 9.17) is 5.26 Å². The van der Waals surface area contributed by atoms with Crippen LogP contribution in [0.2, 0.25) is 0 Å². The molecule has 0 unspecified atom stereocenters. The molecule has 12 heavy (non-hydrogen) atoms. The van der Waals surface area contributed by atoms with E-state index in [9.17, 15) is 4.39 Å². The van der Waals surface area contributed by atoms with Gasteiger partial charge in [0.05, 0.1) is 11.6 Å². The van der Waals surface area contributed by atoms with Gasteiger partial charge in [-0.3, -0.25) is 0 Å². The Bertz CT molecular complexity index is 317. The zero-order valence-electron chi connectivity index (χ0n) is 6.67. The highest BCUT2D eigenvalue weighted by atomic mass is 32.2. The number of rotatable bonds is 2. The average Bonchev–Trinajstić information content (AvgIpc) is 2.16. The van der Waals surface area contributed by atoms with Crippen molar-refractivity contribution >= 4 is 11.8 Å². The standard InChI is InChI=1S/C9H8FNS/c1-12-9-3-2-7(6-11)4-8(9)5-10/h2-4H,5H2,1H3. The van der Waals surface area contributed by atoms with Crippen molar-refractivity contribution in [1.82, 2.24) is 0 Å².